The topological polar surface area (TPSA) is 12.5 Å². The van der Waals surface area contributed by atoms with Crippen LogP contribution in [0.15, 0.2) is 43.0 Å². The molecule has 0 aliphatic carbocycles. The van der Waals surface area contributed by atoms with Crippen molar-refractivity contribution < 1.29 is 4.74 Å². The van der Waals surface area contributed by atoms with Crippen molar-refractivity contribution in [3.05, 3.63) is 48.6 Å². The van der Waals surface area contributed by atoms with Crippen LogP contribution in [0.1, 0.15) is 12.0 Å². The van der Waals surface area contributed by atoms with Gasteiger partial charge in [-0.15, -0.1) is 6.58 Å². The molecule has 1 aliphatic rings. The molecule has 1 aliphatic heterocycles. The summed E-state index contributed by atoms with van der Waals surface area (Å²) in [5.41, 5.74) is 1.39. The van der Waals surface area contributed by atoms with E-state index in [-0.39, 0.29) is 0 Å². The predicted octanol–water partition coefficient (Wildman–Crippen LogP) is 2.57. The molecule has 1 heterocycles. The summed E-state index contributed by atoms with van der Waals surface area (Å²) >= 11 is 0. The molecule has 13 heavy (non-hydrogen) atoms. The summed E-state index contributed by atoms with van der Waals surface area (Å²) in [5.74, 6) is 0. The Labute approximate surface area is 79.0 Å². The zero-order chi connectivity index (χ0) is 9.10. The van der Waals surface area contributed by atoms with Gasteiger partial charge in [0.1, 0.15) is 6.10 Å². The first-order valence-electron chi connectivity index (χ1n) is 4.72. The molecule has 1 saturated heterocycles. The zero-order valence-electron chi connectivity index (χ0n) is 7.65. The minimum Gasteiger partial charge on any atom is -0.365 e. The first-order chi connectivity index (χ1) is 6.40. The quantitative estimate of drug-likeness (QED) is 0.505. The number of aryl methyl sites for hydroxylation is 1. The molecule has 1 fully saturated rings. The molecule has 0 amide bonds. The molecular formula is C12H14O. The fourth-order valence-electron chi connectivity index (χ4n) is 1.55. The van der Waals surface area contributed by atoms with E-state index in [2.05, 4.69) is 30.8 Å². The third-order valence-corrected chi connectivity index (χ3v) is 2.41. The van der Waals surface area contributed by atoms with Crippen LogP contribution in [-0.2, 0) is 11.2 Å². The maximum absolute atomic E-state index is 5.37. The van der Waals surface area contributed by atoms with Gasteiger partial charge in [-0.25, -0.2) is 0 Å². The highest BCUT2D eigenvalue weighted by molar-refractivity contribution is 5.15. The highest BCUT2D eigenvalue weighted by Crippen LogP contribution is 2.27. The monoisotopic (exact) mass is 174 g/mol. The SMILES string of the molecule is C=C[C@@H]1O[C@@H]1CCc1ccccc1. The molecule has 2 rings (SSSR count). The van der Waals surface area contributed by atoms with Gasteiger partial charge in [0.15, 0.2) is 0 Å². The first-order valence-corrected chi connectivity index (χ1v) is 4.72. The van der Waals surface area contributed by atoms with Gasteiger partial charge in [0.05, 0.1) is 6.10 Å². The molecule has 0 radical (unpaired) electrons. The fourth-order valence-corrected chi connectivity index (χ4v) is 1.55. The van der Waals surface area contributed by atoms with Gasteiger partial charge in [-0.2, -0.15) is 0 Å². The summed E-state index contributed by atoms with van der Waals surface area (Å²) in [7, 11) is 0. The summed E-state index contributed by atoms with van der Waals surface area (Å²) in [6.07, 6.45) is 4.85. The maximum atomic E-state index is 5.37. The summed E-state index contributed by atoms with van der Waals surface area (Å²) in [5, 5.41) is 0. The van der Waals surface area contributed by atoms with E-state index < -0.39 is 0 Å². The fraction of sp³-hybridized carbons (Fsp3) is 0.333. The van der Waals surface area contributed by atoms with Crippen molar-refractivity contribution in [2.45, 2.75) is 25.0 Å². The van der Waals surface area contributed by atoms with Crippen molar-refractivity contribution in [3.8, 4) is 0 Å². The van der Waals surface area contributed by atoms with Crippen LogP contribution in [0.2, 0.25) is 0 Å². The Morgan fingerprint density at radius 2 is 2.08 bits per heavy atom. The van der Waals surface area contributed by atoms with Gasteiger partial charge in [0.2, 0.25) is 0 Å². The molecule has 68 valence electrons. The zero-order valence-corrected chi connectivity index (χ0v) is 7.65. The first kappa shape index (κ1) is 8.52. The molecule has 0 spiro atoms. The Hall–Kier alpha value is -1.08. The van der Waals surface area contributed by atoms with Crippen LogP contribution < -0.4 is 0 Å². The van der Waals surface area contributed by atoms with E-state index in [9.17, 15) is 0 Å². The summed E-state index contributed by atoms with van der Waals surface area (Å²) in [6, 6.07) is 10.5. The second-order valence-corrected chi connectivity index (χ2v) is 3.40. The van der Waals surface area contributed by atoms with Crippen LogP contribution in [0.4, 0.5) is 0 Å². The highest BCUT2D eigenvalue weighted by Gasteiger charge is 2.34. The lowest BCUT2D eigenvalue weighted by Gasteiger charge is -1.96. The second kappa shape index (κ2) is 3.75. The Morgan fingerprint density at radius 3 is 2.69 bits per heavy atom. The lowest BCUT2D eigenvalue weighted by Crippen LogP contribution is -1.93. The van der Waals surface area contributed by atoms with Crippen molar-refractivity contribution in [1.82, 2.24) is 0 Å². The van der Waals surface area contributed by atoms with Crippen molar-refractivity contribution in [2.75, 3.05) is 0 Å². The van der Waals surface area contributed by atoms with Gasteiger partial charge < -0.3 is 4.74 Å². The molecule has 0 unspecified atom stereocenters. The van der Waals surface area contributed by atoms with Crippen molar-refractivity contribution in [1.29, 1.82) is 0 Å². The third-order valence-electron chi connectivity index (χ3n) is 2.41. The summed E-state index contributed by atoms with van der Waals surface area (Å²) in [6.45, 7) is 3.70. The van der Waals surface area contributed by atoms with Gasteiger partial charge in [-0.3, -0.25) is 0 Å². The third kappa shape index (κ3) is 2.19. The minimum atomic E-state index is 0.323. The number of rotatable bonds is 4. The van der Waals surface area contributed by atoms with Crippen LogP contribution in [0, 0.1) is 0 Å². The smallest absolute Gasteiger partial charge is 0.102 e. The molecule has 0 saturated carbocycles. The number of hydrogen-bond acceptors (Lipinski definition) is 1. The average molecular weight is 174 g/mol. The van der Waals surface area contributed by atoms with E-state index in [0.717, 1.165) is 12.8 Å². The Balaban J connectivity index is 1.78. The average Bonchev–Trinajstić information content (AvgIpc) is 2.95. The molecule has 0 N–H and O–H groups in total. The van der Waals surface area contributed by atoms with Crippen molar-refractivity contribution in [2.24, 2.45) is 0 Å². The Kier molecular flexibility index (Phi) is 2.46. The molecule has 1 nitrogen and oxygen atoms in total. The van der Waals surface area contributed by atoms with E-state index in [0.29, 0.717) is 12.2 Å². The largest absolute Gasteiger partial charge is 0.365 e. The second-order valence-electron chi connectivity index (χ2n) is 3.40. The minimum absolute atomic E-state index is 0.323. The van der Waals surface area contributed by atoms with Gasteiger partial charge in [0, 0.05) is 0 Å². The van der Waals surface area contributed by atoms with Gasteiger partial charge in [-0.1, -0.05) is 36.4 Å². The van der Waals surface area contributed by atoms with Gasteiger partial charge in [-0.05, 0) is 18.4 Å². The van der Waals surface area contributed by atoms with Crippen LogP contribution in [0.25, 0.3) is 0 Å². The van der Waals surface area contributed by atoms with E-state index >= 15 is 0 Å². The van der Waals surface area contributed by atoms with Crippen molar-refractivity contribution in [3.63, 3.8) is 0 Å². The van der Waals surface area contributed by atoms with Crippen molar-refractivity contribution >= 4 is 0 Å². The highest BCUT2D eigenvalue weighted by atomic mass is 16.6. The molecule has 0 aromatic heterocycles. The number of ether oxygens (including phenoxy) is 1. The molecule has 1 aromatic rings. The molecule has 1 heteroatoms. The number of hydrogen-bond donors (Lipinski definition) is 0. The standard InChI is InChI=1S/C12H14O/c1-2-11-12(13-11)9-8-10-6-4-3-5-7-10/h2-7,11-12H,1,8-9H2/t11-,12+/m0/s1. The van der Waals surface area contributed by atoms with Gasteiger partial charge >= 0.3 is 0 Å². The Morgan fingerprint density at radius 1 is 1.31 bits per heavy atom. The van der Waals surface area contributed by atoms with E-state index in [4.69, 9.17) is 4.74 Å². The summed E-state index contributed by atoms with van der Waals surface area (Å²) < 4.78 is 5.37. The van der Waals surface area contributed by atoms with E-state index in [1.54, 1.807) is 0 Å². The molecular weight excluding hydrogens is 160 g/mol. The van der Waals surface area contributed by atoms with Crippen LogP contribution in [0.3, 0.4) is 0 Å². The number of benzene rings is 1. The normalized spacial score (nSPS) is 25.5. The van der Waals surface area contributed by atoms with Crippen LogP contribution in [0.5, 0.6) is 0 Å². The van der Waals surface area contributed by atoms with Gasteiger partial charge in [0.25, 0.3) is 0 Å². The maximum Gasteiger partial charge on any atom is 0.102 e. The Bertz CT molecular complexity index is 278. The van der Waals surface area contributed by atoms with E-state index in [1.807, 2.05) is 12.1 Å². The number of epoxide rings is 1. The summed E-state index contributed by atoms with van der Waals surface area (Å²) in [4.78, 5) is 0. The molecule has 2 atom stereocenters. The lowest BCUT2D eigenvalue weighted by atomic mass is 10.1. The van der Waals surface area contributed by atoms with Crippen LogP contribution in [-0.4, -0.2) is 12.2 Å². The van der Waals surface area contributed by atoms with Crippen LogP contribution >= 0.6 is 0 Å². The molecule has 0 bridgehead atoms. The predicted molar refractivity (Wildman–Crippen MR) is 53.6 cm³/mol. The lowest BCUT2D eigenvalue weighted by molar-refractivity contribution is 0.379. The molecule has 1 aromatic carbocycles. The van der Waals surface area contributed by atoms with E-state index in [1.165, 1.54) is 5.56 Å².